The highest BCUT2D eigenvalue weighted by molar-refractivity contribution is 9.10. The maximum atomic E-state index is 5.86. The van der Waals surface area contributed by atoms with Crippen LogP contribution in [0.4, 0.5) is 5.69 Å². The van der Waals surface area contributed by atoms with Gasteiger partial charge in [0.15, 0.2) is 0 Å². The molecule has 1 aromatic carbocycles. The largest absolute Gasteiger partial charge is 0.491 e. The van der Waals surface area contributed by atoms with Gasteiger partial charge in [0.1, 0.15) is 5.75 Å². The van der Waals surface area contributed by atoms with E-state index in [1.807, 2.05) is 0 Å². The highest BCUT2D eigenvalue weighted by atomic mass is 79.9. The van der Waals surface area contributed by atoms with E-state index >= 15 is 0 Å². The van der Waals surface area contributed by atoms with Crippen LogP contribution < -0.4 is 15.0 Å². The summed E-state index contributed by atoms with van der Waals surface area (Å²) >= 11 is 3.52. The summed E-state index contributed by atoms with van der Waals surface area (Å²) in [7, 11) is 0. The Morgan fingerprint density at radius 3 is 2.94 bits per heavy atom. The number of hydrogen-bond acceptors (Lipinski definition) is 3. The summed E-state index contributed by atoms with van der Waals surface area (Å²) in [6.45, 7) is 4.20. The summed E-state index contributed by atoms with van der Waals surface area (Å²) in [5.41, 5.74) is 1.27. The molecule has 3 nitrogen and oxygen atoms in total. The Balaban J connectivity index is 1.90. The number of benzene rings is 1. The predicted molar refractivity (Wildman–Crippen MR) is 77.5 cm³/mol. The van der Waals surface area contributed by atoms with E-state index in [9.17, 15) is 0 Å². The van der Waals surface area contributed by atoms with Gasteiger partial charge < -0.3 is 15.0 Å². The molecule has 18 heavy (non-hydrogen) atoms. The van der Waals surface area contributed by atoms with Gasteiger partial charge in [-0.2, -0.15) is 0 Å². The molecule has 0 amide bonds. The van der Waals surface area contributed by atoms with Gasteiger partial charge in [-0.05, 0) is 50.6 Å². The first-order chi connectivity index (χ1) is 8.84. The lowest BCUT2D eigenvalue weighted by atomic mass is 10.0. The van der Waals surface area contributed by atoms with Crippen LogP contribution in [0.3, 0.4) is 0 Å². The molecule has 0 saturated carbocycles. The molecule has 0 aromatic heterocycles. The van der Waals surface area contributed by atoms with Crippen LogP contribution in [0.15, 0.2) is 22.7 Å². The van der Waals surface area contributed by atoms with Crippen molar-refractivity contribution >= 4 is 21.6 Å². The molecule has 1 aromatic rings. The summed E-state index contributed by atoms with van der Waals surface area (Å²) in [5, 5.41) is 3.44. The number of anilines is 1. The van der Waals surface area contributed by atoms with Gasteiger partial charge in [0.05, 0.1) is 12.3 Å². The van der Waals surface area contributed by atoms with Gasteiger partial charge in [-0.25, -0.2) is 0 Å². The molecule has 2 aliphatic rings. The molecule has 4 heteroatoms. The Bertz CT molecular complexity index is 418. The van der Waals surface area contributed by atoms with Crippen LogP contribution >= 0.6 is 15.9 Å². The number of nitrogens with one attached hydrogen (secondary N) is 1. The van der Waals surface area contributed by atoms with Crippen LogP contribution in [-0.2, 0) is 0 Å². The van der Waals surface area contributed by atoms with Crippen LogP contribution in [0.5, 0.6) is 5.75 Å². The average Bonchev–Trinajstić information content (AvgIpc) is 2.61. The predicted octanol–water partition coefficient (Wildman–Crippen LogP) is 2.79. The Labute approximate surface area is 117 Å². The van der Waals surface area contributed by atoms with E-state index in [4.69, 9.17) is 4.74 Å². The number of rotatable bonds is 1. The second kappa shape index (κ2) is 5.49. The molecule has 0 radical (unpaired) electrons. The van der Waals surface area contributed by atoms with E-state index in [0.29, 0.717) is 6.04 Å². The number of hydrogen-bond donors (Lipinski definition) is 1. The van der Waals surface area contributed by atoms with Crippen molar-refractivity contribution in [3.63, 3.8) is 0 Å². The van der Waals surface area contributed by atoms with Crippen LogP contribution in [0, 0.1) is 0 Å². The fraction of sp³-hybridized carbons (Fsp3) is 0.571. The minimum absolute atomic E-state index is 0.660. The molecular formula is C14H19BrN2O. The maximum Gasteiger partial charge on any atom is 0.143 e. The van der Waals surface area contributed by atoms with Crippen molar-refractivity contribution in [2.24, 2.45) is 0 Å². The molecule has 2 aliphatic heterocycles. The molecule has 1 N–H and O–H groups in total. The molecule has 1 saturated heterocycles. The Hall–Kier alpha value is -0.740. The van der Waals surface area contributed by atoms with Crippen molar-refractivity contribution in [3.8, 4) is 5.75 Å². The van der Waals surface area contributed by atoms with Crippen molar-refractivity contribution < 1.29 is 4.74 Å². The van der Waals surface area contributed by atoms with Crippen molar-refractivity contribution in [1.29, 1.82) is 0 Å². The molecule has 1 fully saturated rings. The van der Waals surface area contributed by atoms with E-state index in [2.05, 4.69) is 44.3 Å². The summed E-state index contributed by atoms with van der Waals surface area (Å²) in [5.74, 6) is 1.03. The van der Waals surface area contributed by atoms with Crippen molar-refractivity contribution in [3.05, 3.63) is 22.7 Å². The molecule has 0 aliphatic carbocycles. The van der Waals surface area contributed by atoms with Gasteiger partial charge in [-0.3, -0.25) is 0 Å². The topological polar surface area (TPSA) is 24.5 Å². The van der Waals surface area contributed by atoms with Gasteiger partial charge in [-0.15, -0.1) is 0 Å². The third kappa shape index (κ3) is 2.50. The van der Waals surface area contributed by atoms with E-state index < -0.39 is 0 Å². The van der Waals surface area contributed by atoms with Gasteiger partial charge in [-0.1, -0.05) is 15.9 Å². The molecule has 0 atom stereocenters. The van der Waals surface area contributed by atoms with Crippen molar-refractivity contribution in [2.75, 3.05) is 31.1 Å². The third-order valence-corrected chi connectivity index (χ3v) is 4.27. The number of fused-ring (bicyclic) bond motifs is 1. The highest BCUT2D eigenvalue weighted by Crippen LogP contribution is 2.35. The zero-order valence-electron chi connectivity index (χ0n) is 10.5. The smallest absolute Gasteiger partial charge is 0.143 e. The number of ether oxygens (including phenoxy) is 1. The van der Waals surface area contributed by atoms with Crippen molar-refractivity contribution in [1.82, 2.24) is 5.32 Å². The van der Waals surface area contributed by atoms with E-state index in [-0.39, 0.29) is 0 Å². The maximum absolute atomic E-state index is 5.86. The molecule has 0 spiro atoms. The molecule has 3 rings (SSSR count). The van der Waals surface area contributed by atoms with E-state index in [0.717, 1.165) is 42.9 Å². The van der Waals surface area contributed by atoms with Gasteiger partial charge in [0.25, 0.3) is 0 Å². The SMILES string of the molecule is Brc1ccc2c(c1)OCCCN2C1CCNCC1. The second-order valence-corrected chi connectivity index (χ2v) is 5.90. The third-order valence-electron chi connectivity index (χ3n) is 3.78. The number of halogens is 1. The lowest BCUT2D eigenvalue weighted by molar-refractivity contribution is 0.321. The van der Waals surface area contributed by atoms with Crippen LogP contribution in [0.1, 0.15) is 19.3 Å². The first kappa shape index (κ1) is 12.3. The first-order valence-electron chi connectivity index (χ1n) is 6.74. The quantitative estimate of drug-likeness (QED) is 0.863. The fourth-order valence-electron chi connectivity index (χ4n) is 2.88. The lowest BCUT2D eigenvalue weighted by Crippen LogP contribution is -2.43. The minimum Gasteiger partial charge on any atom is -0.491 e. The summed E-state index contributed by atoms with van der Waals surface area (Å²) < 4.78 is 6.95. The van der Waals surface area contributed by atoms with Crippen LogP contribution in [0.2, 0.25) is 0 Å². The second-order valence-electron chi connectivity index (χ2n) is 4.99. The van der Waals surface area contributed by atoms with E-state index in [1.165, 1.54) is 18.5 Å². The highest BCUT2D eigenvalue weighted by Gasteiger charge is 2.25. The standard InChI is InChI=1S/C14H19BrN2O/c15-11-2-3-13-14(10-11)18-9-1-8-17(13)12-4-6-16-7-5-12/h2-3,10,12,16H,1,4-9H2. The monoisotopic (exact) mass is 310 g/mol. The zero-order valence-corrected chi connectivity index (χ0v) is 12.1. The fourth-order valence-corrected chi connectivity index (χ4v) is 3.22. The van der Waals surface area contributed by atoms with Crippen molar-refractivity contribution in [2.45, 2.75) is 25.3 Å². The van der Waals surface area contributed by atoms with Crippen LogP contribution in [0.25, 0.3) is 0 Å². The number of piperidine rings is 1. The first-order valence-corrected chi connectivity index (χ1v) is 7.53. The lowest BCUT2D eigenvalue weighted by Gasteiger charge is -2.35. The Kier molecular flexibility index (Phi) is 3.75. The zero-order chi connectivity index (χ0) is 12.4. The van der Waals surface area contributed by atoms with Gasteiger partial charge >= 0.3 is 0 Å². The molecule has 2 heterocycles. The summed E-state index contributed by atoms with van der Waals surface area (Å²) in [6, 6.07) is 7.05. The number of nitrogens with zero attached hydrogens (tertiary/aromatic N) is 1. The Morgan fingerprint density at radius 2 is 2.11 bits per heavy atom. The average molecular weight is 311 g/mol. The molecule has 0 bridgehead atoms. The van der Waals surface area contributed by atoms with Gasteiger partial charge in [0.2, 0.25) is 0 Å². The molecule has 0 unspecified atom stereocenters. The normalized spacial score (nSPS) is 21.1. The summed E-state index contributed by atoms with van der Waals surface area (Å²) in [4.78, 5) is 2.55. The molecule has 98 valence electrons. The van der Waals surface area contributed by atoms with Crippen LogP contribution in [-0.4, -0.2) is 32.3 Å². The molecular weight excluding hydrogens is 292 g/mol. The van der Waals surface area contributed by atoms with E-state index in [1.54, 1.807) is 0 Å². The Morgan fingerprint density at radius 1 is 1.28 bits per heavy atom. The van der Waals surface area contributed by atoms with Gasteiger partial charge in [0, 0.05) is 17.1 Å². The minimum atomic E-state index is 0.660. The summed E-state index contributed by atoms with van der Waals surface area (Å²) in [6.07, 6.45) is 3.57.